The number of likely N-dealkylation sites (tertiary alicyclic amines) is 1. The lowest BCUT2D eigenvalue weighted by Crippen LogP contribution is -2.50. The molecular formula is C25H23N3O3. The van der Waals surface area contributed by atoms with Crippen molar-refractivity contribution in [1.82, 2.24) is 9.47 Å². The molecule has 0 atom stereocenters. The third-order valence-corrected chi connectivity index (χ3v) is 6.58. The van der Waals surface area contributed by atoms with Crippen LogP contribution in [0.3, 0.4) is 0 Å². The van der Waals surface area contributed by atoms with Gasteiger partial charge in [-0.05, 0) is 48.4 Å². The molecule has 156 valence electrons. The number of aliphatic hydroxyl groups is 1. The van der Waals surface area contributed by atoms with Crippen LogP contribution < -0.4 is 4.74 Å². The van der Waals surface area contributed by atoms with Crippen molar-refractivity contribution < 1.29 is 14.6 Å². The minimum absolute atomic E-state index is 0.0213. The normalized spacial score (nSPS) is 16.2. The Kier molecular flexibility index (Phi) is 4.57. The Morgan fingerprint density at radius 1 is 1.13 bits per heavy atom. The summed E-state index contributed by atoms with van der Waals surface area (Å²) in [7, 11) is 0. The summed E-state index contributed by atoms with van der Waals surface area (Å²) < 4.78 is 8.53. The number of ether oxygens (including phenoxy) is 1. The standard InChI is InChI=1S/C25H23N3O3/c1-17-18(16-29)5-4-6-20(17)24(30)27-13-11-25(12-14-27)23-10-9-19(15-26)28(23)21-7-2-3-8-22(21)31-25/h2-10,29H,11-14,16H2,1H3. The first kappa shape index (κ1) is 19.4. The van der Waals surface area contributed by atoms with Crippen molar-refractivity contribution >= 4 is 5.91 Å². The number of hydrogen-bond donors (Lipinski definition) is 1. The van der Waals surface area contributed by atoms with E-state index >= 15 is 0 Å². The molecule has 1 aromatic heterocycles. The molecule has 0 saturated carbocycles. The zero-order valence-electron chi connectivity index (χ0n) is 17.3. The quantitative estimate of drug-likeness (QED) is 0.695. The first-order chi connectivity index (χ1) is 15.1. The summed E-state index contributed by atoms with van der Waals surface area (Å²) in [5, 5.41) is 19.2. The largest absolute Gasteiger partial charge is 0.479 e. The molecule has 3 heterocycles. The average molecular weight is 413 g/mol. The number of rotatable bonds is 2. The average Bonchev–Trinajstić information content (AvgIpc) is 3.25. The zero-order chi connectivity index (χ0) is 21.6. The number of carbonyl (C=O) groups excluding carboxylic acids is 1. The van der Waals surface area contributed by atoms with Crippen LogP contribution >= 0.6 is 0 Å². The lowest BCUT2D eigenvalue weighted by atomic mass is 9.86. The van der Waals surface area contributed by atoms with Crippen molar-refractivity contribution in [2.24, 2.45) is 0 Å². The topological polar surface area (TPSA) is 78.5 Å². The summed E-state index contributed by atoms with van der Waals surface area (Å²) in [6.45, 7) is 2.90. The highest BCUT2D eigenvalue weighted by molar-refractivity contribution is 5.96. The first-order valence-corrected chi connectivity index (χ1v) is 10.5. The number of hydrogen-bond acceptors (Lipinski definition) is 4. The number of fused-ring (bicyclic) bond motifs is 4. The van der Waals surface area contributed by atoms with E-state index in [9.17, 15) is 15.2 Å². The molecule has 0 aliphatic carbocycles. The lowest BCUT2D eigenvalue weighted by Gasteiger charge is -2.45. The number of nitrogens with zero attached hydrogens (tertiary/aromatic N) is 3. The predicted octanol–water partition coefficient (Wildman–Crippen LogP) is 3.67. The Labute approximate surface area is 180 Å². The van der Waals surface area contributed by atoms with Gasteiger partial charge in [0.15, 0.2) is 5.60 Å². The van der Waals surface area contributed by atoms with Gasteiger partial charge in [0.2, 0.25) is 0 Å². The first-order valence-electron chi connectivity index (χ1n) is 10.5. The fourth-order valence-electron chi connectivity index (χ4n) is 4.82. The molecule has 1 spiro atoms. The van der Waals surface area contributed by atoms with Crippen LogP contribution in [0.4, 0.5) is 0 Å². The van der Waals surface area contributed by atoms with E-state index in [1.54, 1.807) is 0 Å². The van der Waals surface area contributed by atoms with Gasteiger partial charge in [0.25, 0.3) is 5.91 Å². The van der Waals surface area contributed by atoms with Gasteiger partial charge >= 0.3 is 0 Å². The predicted molar refractivity (Wildman–Crippen MR) is 115 cm³/mol. The maximum atomic E-state index is 13.2. The Morgan fingerprint density at radius 3 is 2.65 bits per heavy atom. The maximum Gasteiger partial charge on any atom is 0.254 e. The molecule has 1 saturated heterocycles. The fraction of sp³-hybridized carbons (Fsp3) is 0.280. The summed E-state index contributed by atoms with van der Waals surface area (Å²) >= 11 is 0. The Bertz CT molecular complexity index is 1210. The van der Waals surface area contributed by atoms with Gasteiger partial charge < -0.3 is 14.7 Å². The number of para-hydroxylation sites is 2. The zero-order valence-corrected chi connectivity index (χ0v) is 17.3. The number of amides is 1. The molecule has 3 aromatic rings. The summed E-state index contributed by atoms with van der Waals surface area (Å²) in [4.78, 5) is 15.1. The molecule has 31 heavy (non-hydrogen) atoms. The smallest absolute Gasteiger partial charge is 0.254 e. The minimum Gasteiger partial charge on any atom is -0.479 e. The number of aliphatic hydroxyl groups excluding tert-OH is 1. The number of benzene rings is 2. The van der Waals surface area contributed by atoms with Gasteiger partial charge in [0, 0.05) is 31.5 Å². The lowest BCUT2D eigenvalue weighted by molar-refractivity contribution is -0.00939. The molecule has 0 radical (unpaired) electrons. The molecule has 2 aliphatic heterocycles. The van der Waals surface area contributed by atoms with Crippen LogP contribution in [0.2, 0.25) is 0 Å². The second-order valence-electron chi connectivity index (χ2n) is 8.16. The van der Waals surface area contributed by atoms with E-state index in [4.69, 9.17) is 4.74 Å². The van der Waals surface area contributed by atoms with Crippen LogP contribution in [0.5, 0.6) is 5.75 Å². The number of piperidine rings is 1. The van der Waals surface area contributed by atoms with Gasteiger partial charge in [0.1, 0.15) is 17.5 Å². The summed E-state index contributed by atoms with van der Waals surface area (Å²) in [6, 6.07) is 19.3. The highest BCUT2D eigenvalue weighted by Crippen LogP contribution is 2.46. The van der Waals surface area contributed by atoms with Crippen molar-refractivity contribution in [3.63, 3.8) is 0 Å². The maximum absolute atomic E-state index is 13.2. The molecule has 1 fully saturated rings. The molecule has 0 bridgehead atoms. The molecule has 6 heteroatoms. The third-order valence-electron chi connectivity index (χ3n) is 6.58. The summed E-state index contributed by atoms with van der Waals surface area (Å²) in [5.41, 5.74) is 4.09. The van der Waals surface area contributed by atoms with Crippen LogP contribution in [-0.2, 0) is 12.2 Å². The van der Waals surface area contributed by atoms with Crippen LogP contribution in [0.15, 0.2) is 54.6 Å². The van der Waals surface area contributed by atoms with Crippen molar-refractivity contribution in [2.45, 2.75) is 32.0 Å². The molecule has 6 nitrogen and oxygen atoms in total. The second-order valence-corrected chi connectivity index (χ2v) is 8.16. The van der Waals surface area contributed by atoms with Crippen molar-refractivity contribution in [3.05, 3.63) is 82.7 Å². The van der Waals surface area contributed by atoms with Gasteiger partial charge in [-0.3, -0.25) is 9.36 Å². The summed E-state index contributed by atoms with van der Waals surface area (Å²) in [5.74, 6) is 0.737. The third kappa shape index (κ3) is 2.93. The van der Waals surface area contributed by atoms with E-state index in [2.05, 4.69) is 6.07 Å². The van der Waals surface area contributed by atoms with E-state index in [1.807, 2.05) is 71.0 Å². The summed E-state index contributed by atoms with van der Waals surface area (Å²) in [6.07, 6.45) is 1.28. The fourth-order valence-corrected chi connectivity index (χ4v) is 4.82. The molecule has 5 rings (SSSR count). The Balaban J connectivity index is 1.45. The molecular weight excluding hydrogens is 390 g/mol. The van der Waals surface area contributed by atoms with E-state index in [0.717, 1.165) is 28.3 Å². The monoisotopic (exact) mass is 413 g/mol. The van der Waals surface area contributed by atoms with E-state index in [1.165, 1.54) is 0 Å². The number of aromatic nitrogens is 1. The highest BCUT2D eigenvalue weighted by Gasteiger charge is 2.45. The molecule has 2 aliphatic rings. The van der Waals surface area contributed by atoms with Crippen LogP contribution in [0.25, 0.3) is 5.69 Å². The van der Waals surface area contributed by atoms with Crippen molar-refractivity contribution in [3.8, 4) is 17.5 Å². The number of carbonyl (C=O) groups is 1. The van der Waals surface area contributed by atoms with Gasteiger partial charge in [-0.2, -0.15) is 5.26 Å². The molecule has 2 aromatic carbocycles. The Hall–Kier alpha value is -3.56. The van der Waals surface area contributed by atoms with Gasteiger partial charge in [-0.15, -0.1) is 0 Å². The highest BCUT2D eigenvalue weighted by atomic mass is 16.5. The van der Waals surface area contributed by atoms with E-state index in [-0.39, 0.29) is 12.5 Å². The van der Waals surface area contributed by atoms with E-state index in [0.29, 0.717) is 37.2 Å². The Morgan fingerprint density at radius 2 is 1.90 bits per heavy atom. The van der Waals surface area contributed by atoms with Gasteiger partial charge in [-0.25, -0.2) is 0 Å². The van der Waals surface area contributed by atoms with E-state index < -0.39 is 5.60 Å². The van der Waals surface area contributed by atoms with Crippen LogP contribution in [0, 0.1) is 18.3 Å². The SMILES string of the molecule is Cc1c(CO)cccc1C(=O)N1CCC2(CC1)Oc1ccccc1-n1c(C#N)ccc12. The number of nitriles is 1. The van der Waals surface area contributed by atoms with Crippen LogP contribution in [-0.4, -0.2) is 33.6 Å². The van der Waals surface area contributed by atoms with Gasteiger partial charge in [-0.1, -0.05) is 24.3 Å². The van der Waals surface area contributed by atoms with Gasteiger partial charge in [0.05, 0.1) is 18.0 Å². The van der Waals surface area contributed by atoms with Crippen LogP contribution in [0.1, 0.15) is 45.7 Å². The second kappa shape index (κ2) is 7.29. The van der Waals surface area contributed by atoms with Crippen molar-refractivity contribution in [2.75, 3.05) is 13.1 Å². The van der Waals surface area contributed by atoms with Crippen molar-refractivity contribution in [1.29, 1.82) is 5.26 Å². The molecule has 1 amide bonds. The molecule has 1 N–H and O–H groups in total. The molecule has 0 unspecified atom stereocenters. The minimum atomic E-state index is -0.567.